The molecular weight excluding hydrogens is 317 g/mol. The smallest absolute Gasteiger partial charge is 0.191 e. The number of hydrogen-bond acceptors (Lipinski definition) is 2. The molecule has 0 aliphatic rings. The summed E-state index contributed by atoms with van der Waals surface area (Å²) in [7, 11) is 1.73. The molecule has 4 nitrogen and oxygen atoms in total. The lowest BCUT2D eigenvalue weighted by atomic mass is 10.1. The second-order valence-electron chi connectivity index (χ2n) is 6.05. The van der Waals surface area contributed by atoms with Gasteiger partial charge in [0, 0.05) is 20.1 Å². The van der Waals surface area contributed by atoms with Crippen molar-refractivity contribution >= 4 is 5.96 Å². The summed E-state index contributed by atoms with van der Waals surface area (Å²) in [5.74, 6) is 1.37. The molecule has 0 aromatic heterocycles. The Balaban J connectivity index is 1.80. The minimum absolute atomic E-state index is 0.153. The number of hydrogen-bond donors (Lipinski definition) is 2. The Morgan fingerprint density at radius 2 is 1.84 bits per heavy atom. The molecule has 0 atom stereocenters. The van der Waals surface area contributed by atoms with Crippen molar-refractivity contribution in [2.75, 3.05) is 13.6 Å². The highest BCUT2D eigenvalue weighted by Gasteiger charge is 2.02. The maximum atomic E-state index is 13.2. The molecule has 0 heterocycles. The fourth-order valence-corrected chi connectivity index (χ4v) is 2.43. The Bertz CT molecular complexity index is 701. The van der Waals surface area contributed by atoms with Crippen LogP contribution in [0, 0.1) is 5.82 Å². The molecule has 0 aliphatic carbocycles. The van der Waals surface area contributed by atoms with E-state index in [2.05, 4.69) is 15.6 Å². The lowest BCUT2D eigenvalue weighted by molar-refractivity contribution is 0.242. The van der Waals surface area contributed by atoms with E-state index in [0.717, 1.165) is 23.3 Å². The van der Waals surface area contributed by atoms with Crippen molar-refractivity contribution in [3.8, 4) is 5.75 Å². The summed E-state index contributed by atoms with van der Waals surface area (Å²) in [6, 6.07) is 14.6. The first-order valence-electron chi connectivity index (χ1n) is 8.51. The summed E-state index contributed by atoms with van der Waals surface area (Å²) < 4.78 is 18.9. The summed E-state index contributed by atoms with van der Waals surface area (Å²) in [4.78, 5) is 4.21. The van der Waals surface area contributed by atoms with Crippen LogP contribution in [0.2, 0.25) is 0 Å². The number of aliphatic imine (C=N–C) groups is 1. The Hall–Kier alpha value is -2.56. The molecule has 134 valence electrons. The van der Waals surface area contributed by atoms with Gasteiger partial charge in [-0.1, -0.05) is 24.3 Å². The van der Waals surface area contributed by atoms with Crippen molar-refractivity contribution in [3.63, 3.8) is 0 Å². The highest BCUT2D eigenvalue weighted by molar-refractivity contribution is 5.79. The lowest BCUT2D eigenvalue weighted by Gasteiger charge is -2.14. The summed E-state index contributed by atoms with van der Waals surface area (Å²) in [6.07, 6.45) is 0.886. The highest BCUT2D eigenvalue weighted by atomic mass is 19.1. The van der Waals surface area contributed by atoms with Gasteiger partial charge in [-0.25, -0.2) is 4.39 Å². The van der Waals surface area contributed by atoms with Crippen LogP contribution in [0.1, 0.15) is 25.0 Å². The van der Waals surface area contributed by atoms with Gasteiger partial charge in [0.2, 0.25) is 0 Å². The van der Waals surface area contributed by atoms with Gasteiger partial charge >= 0.3 is 0 Å². The summed E-state index contributed by atoms with van der Waals surface area (Å²) in [5, 5.41) is 6.51. The molecule has 0 radical (unpaired) electrons. The highest BCUT2D eigenvalue weighted by Crippen LogP contribution is 2.14. The first-order chi connectivity index (χ1) is 12.1. The molecule has 2 aromatic carbocycles. The second kappa shape index (κ2) is 9.67. The van der Waals surface area contributed by atoms with Gasteiger partial charge in [0.15, 0.2) is 5.96 Å². The standard InChI is InChI=1S/C20H26FN3O/c1-15(2)25-19-9-5-7-17(13-19)14-24-20(22-3)23-11-10-16-6-4-8-18(21)12-16/h4-9,12-13,15H,10-11,14H2,1-3H3,(H2,22,23,24). The number of benzene rings is 2. The van der Waals surface area contributed by atoms with Crippen LogP contribution in [-0.4, -0.2) is 25.7 Å². The molecule has 0 amide bonds. The van der Waals surface area contributed by atoms with E-state index in [-0.39, 0.29) is 11.9 Å². The van der Waals surface area contributed by atoms with Crippen molar-refractivity contribution in [1.82, 2.24) is 10.6 Å². The molecule has 25 heavy (non-hydrogen) atoms. The zero-order valence-electron chi connectivity index (χ0n) is 15.1. The van der Waals surface area contributed by atoms with Gasteiger partial charge in [-0.05, 0) is 55.7 Å². The lowest BCUT2D eigenvalue weighted by Crippen LogP contribution is -2.37. The molecular formula is C20H26FN3O. The van der Waals surface area contributed by atoms with E-state index in [0.29, 0.717) is 19.0 Å². The maximum absolute atomic E-state index is 13.2. The van der Waals surface area contributed by atoms with Crippen LogP contribution >= 0.6 is 0 Å². The van der Waals surface area contributed by atoms with Crippen LogP contribution < -0.4 is 15.4 Å². The van der Waals surface area contributed by atoms with E-state index in [1.807, 2.05) is 44.2 Å². The third-order valence-corrected chi connectivity index (χ3v) is 3.55. The van der Waals surface area contributed by atoms with Crippen molar-refractivity contribution < 1.29 is 9.13 Å². The maximum Gasteiger partial charge on any atom is 0.191 e. The number of nitrogens with one attached hydrogen (secondary N) is 2. The van der Waals surface area contributed by atoms with Crippen molar-refractivity contribution in [2.24, 2.45) is 4.99 Å². The predicted octanol–water partition coefficient (Wildman–Crippen LogP) is 3.52. The van der Waals surface area contributed by atoms with Gasteiger partial charge in [-0.2, -0.15) is 0 Å². The Labute approximate surface area is 149 Å². The minimum Gasteiger partial charge on any atom is -0.491 e. The molecule has 0 fully saturated rings. The van der Waals surface area contributed by atoms with E-state index in [9.17, 15) is 4.39 Å². The topological polar surface area (TPSA) is 45.7 Å². The van der Waals surface area contributed by atoms with Crippen molar-refractivity contribution in [2.45, 2.75) is 32.9 Å². The molecule has 0 saturated heterocycles. The normalized spacial score (nSPS) is 11.5. The molecule has 2 aromatic rings. The summed E-state index contributed by atoms with van der Waals surface area (Å²) in [5.41, 5.74) is 2.08. The molecule has 5 heteroatoms. The summed E-state index contributed by atoms with van der Waals surface area (Å²) in [6.45, 7) is 5.35. The fraction of sp³-hybridized carbons (Fsp3) is 0.350. The monoisotopic (exact) mass is 343 g/mol. The largest absolute Gasteiger partial charge is 0.491 e. The molecule has 0 saturated carbocycles. The Morgan fingerprint density at radius 3 is 2.56 bits per heavy atom. The average Bonchev–Trinajstić information content (AvgIpc) is 2.58. The van der Waals surface area contributed by atoms with E-state index in [1.54, 1.807) is 19.2 Å². The number of ether oxygens (including phenoxy) is 1. The number of nitrogens with zero attached hydrogens (tertiary/aromatic N) is 1. The van der Waals surface area contributed by atoms with Gasteiger partial charge in [0.05, 0.1) is 6.10 Å². The SMILES string of the molecule is CN=C(NCCc1cccc(F)c1)NCc1cccc(OC(C)C)c1. The molecule has 0 aliphatic heterocycles. The van der Waals surface area contributed by atoms with E-state index in [1.165, 1.54) is 6.07 Å². The van der Waals surface area contributed by atoms with Crippen LogP contribution in [0.15, 0.2) is 53.5 Å². The van der Waals surface area contributed by atoms with Gasteiger partial charge in [-0.3, -0.25) is 4.99 Å². The molecule has 2 rings (SSSR count). The van der Waals surface area contributed by atoms with Crippen LogP contribution in [-0.2, 0) is 13.0 Å². The van der Waals surface area contributed by atoms with Crippen LogP contribution in [0.5, 0.6) is 5.75 Å². The number of guanidine groups is 1. The second-order valence-corrected chi connectivity index (χ2v) is 6.05. The molecule has 2 N–H and O–H groups in total. The van der Waals surface area contributed by atoms with Crippen molar-refractivity contribution in [1.29, 1.82) is 0 Å². The van der Waals surface area contributed by atoms with Crippen LogP contribution in [0.4, 0.5) is 4.39 Å². The molecule has 0 unspecified atom stereocenters. The fourth-order valence-electron chi connectivity index (χ4n) is 2.43. The van der Waals surface area contributed by atoms with Gasteiger partial charge < -0.3 is 15.4 Å². The molecule has 0 spiro atoms. The average molecular weight is 343 g/mol. The zero-order chi connectivity index (χ0) is 18.1. The van der Waals surface area contributed by atoms with Gasteiger partial charge in [0.1, 0.15) is 11.6 Å². The van der Waals surface area contributed by atoms with Crippen LogP contribution in [0.3, 0.4) is 0 Å². The van der Waals surface area contributed by atoms with Gasteiger partial charge in [0.25, 0.3) is 0 Å². The number of halogens is 1. The Morgan fingerprint density at radius 1 is 1.08 bits per heavy atom. The predicted molar refractivity (Wildman–Crippen MR) is 101 cm³/mol. The summed E-state index contributed by atoms with van der Waals surface area (Å²) >= 11 is 0. The zero-order valence-corrected chi connectivity index (χ0v) is 15.1. The van der Waals surface area contributed by atoms with E-state index >= 15 is 0 Å². The Kier molecular flexibility index (Phi) is 7.26. The first-order valence-corrected chi connectivity index (χ1v) is 8.51. The third-order valence-electron chi connectivity index (χ3n) is 3.55. The van der Waals surface area contributed by atoms with E-state index < -0.39 is 0 Å². The first kappa shape index (κ1) is 18.8. The van der Waals surface area contributed by atoms with Crippen LogP contribution in [0.25, 0.3) is 0 Å². The molecule has 0 bridgehead atoms. The van der Waals surface area contributed by atoms with Crippen molar-refractivity contribution in [3.05, 3.63) is 65.5 Å². The van der Waals surface area contributed by atoms with Gasteiger partial charge in [-0.15, -0.1) is 0 Å². The third kappa shape index (κ3) is 6.83. The van der Waals surface area contributed by atoms with E-state index in [4.69, 9.17) is 4.74 Å². The number of rotatable bonds is 7. The minimum atomic E-state index is -0.205. The quantitative estimate of drug-likeness (QED) is 0.597.